The summed E-state index contributed by atoms with van der Waals surface area (Å²) in [6.07, 6.45) is -0.650. The van der Waals surface area contributed by atoms with Gasteiger partial charge in [0.15, 0.2) is 0 Å². The summed E-state index contributed by atoms with van der Waals surface area (Å²) in [5.41, 5.74) is -0.0411. The summed E-state index contributed by atoms with van der Waals surface area (Å²) in [4.78, 5) is 23.4. The van der Waals surface area contributed by atoms with E-state index < -0.39 is 23.6 Å². The molecule has 1 aromatic rings. The van der Waals surface area contributed by atoms with Gasteiger partial charge in [0.25, 0.3) is 0 Å². The standard InChI is InChI=1S/C12H14F2N2O3/c1-8(17)16(6-5-15-12(18)19-2)11-4-3-9(13)7-10(11)14/h3-4,7H,5-6H2,1-2H3,(H,15,18). The summed E-state index contributed by atoms with van der Waals surface area (Å²) in [7, 11) is 1.21. The minimum atomic E-state index is -0.840. The fourth-order valence-corrected chi connectivity index (χ4v) is 1.49. The highest BCUT2D eigenvalue weighted by molar-refractivity contribution is 5.91. The number of ether oxygens (including phenoxy) is 1. The molecule has 0 atom stereocenters. The smallest absolute Gasteiger partial charge is 0.406 e. The van der Waals surface area contributed by atoms with Crippen LogP contribution in [0.1, 0.15) is 6.92 Å². The first-order chi connectivity index (χ1) is 8.95. The van der Waals surface area contributed by atoms with Crippen LogP contribution in [0.5, 0.6) is 0 Å². The lowest BCUT2D eigenvalue weighted by Crippen LogP contribution is -2.38. The highest BCUT2D eigenvalue weighted by Crippen LogP contribution is 2.19. The molecule has 0 radical (unpaired) electrons. The second kappa shape index (κ2) is 6.67. The first-order valence-electron chi connectivity index (χ1n) is 5.50. The van der Waals surface area contributed by atoms with Crippen molar-refractivity contribution in [2.24, 2.45) is 0 Å². The lowest BCUT2D eigenvalue weighted by atomic mass is 10.2. The predicted octanol–water partition coefficient (Wildman–Crippen LogP) is 1.67. The molecular formula is C12H14F2N2O3. The monoisotopic (exact) mass is 272 g/mol. The zero-order chi connectivity index (χ0) is 14.4. The van der Waals surface area contributed by atoms with E-state index in [4.69, 9.17) is 0 Å². The molecule has 7 heteroatoms. The molecule has 0 saturated carbocycles. The Bertz CT molecular complexity index is 480. The number of anilines is 1. The van der Waals surface area contributed by atoms with E-state index in [1.165, 1.54) is 20.1 Å². The van der Waals surface area contributed by atoms with Gasteiger partial charge in [0, 0.05) is 26.1 Å². The first-order valence-corrected chi connectivity index (χ1v) is 5.50. The van der Waals surface area contributed by atoms with Gasteiger partial charge in [-0.1, -0.05) is 0 Å². The molecule has 19 heavy (non-hydrogen) atoms. The van der Waals surface area contributed by atoms with E-state index in [0.29, 0.717) is 6.07 Å². The Morgan fingerprint density at radius 3 is 2.58 bits per heavy atom. The quantitative estimate of drug-likeness (QED) is 0.907. The third-order valence-electron chi connectivity index (χ3n) is 2.37. The van der Waals surface area contributed by atoms with Gasteiger partial charge in [-0.05, 0) is 12.1 Å². The Labute approximate surface area is 109 Å². The minimum absolute atomic E-state index is 0.0411. The third-order valence-corrected chi connectivity index (χ3v) is 2.37. The number of benzene rings is 1. The number of carbonyl (C=O) groups is 2. The number of hydrogen-bond acceptors (Lipinski definition) is 3. The Morgan fingerprint density at radius 1 is 1.37 bits per heavy atom. The van der Waals surface area contributed by atoms with E-state index in [1.807, 2.05) is 0 Å². The number of methoxy groups -OCH3 is 1. The second-order valence-corrected chi connectivity index (χ2v) is 3.68. The number of halogens is 2. The van der Waals surface area contributed by atoms with Crippen molar-refractivity contribution in [1.29, 1.82) is 0 Å². The molecule has 0 aliphatic rings. The van der Waals surface area contributed by atoms with Crippen LogP contribution in [0.15, 0.2) is 18.2 Å². The van der Waals surface area contributed by atoms with E-state index in [-0.39, 0.29) is 18.8 Å². The molecule has 0 saturated heterocycles. The molecule has 1 N–H and O–H groups in total. The fraction of sp³-hybridized carbons (Fsp3) is 0.333. The predicted molar refractivity (Wildman–Crippen MR) is 64.8 cm³/mol. The number of alkyl carbamates (subject to hydrolysis) is 1. The van der Waals surface area contributed by atoms with Gasteiger partial charge < -0.3 is 15.0 Å². The van der Waals surface area contributed by atoms with E-state index in [9.17, 15) is 18.4 Å². The molecule has 0 unspecified atom stereocenters. The van der Waals surface area contributed by atoms with E-state index >= 15 is 0 Å². The van der Waals surface area contributed by atoms with Gasteiger partial charge in [0.1, 0.15) is 11.6 Å². The van der Waals surface area contributed by atoms with Crippen LogP contribution in [0.3, 0.4) is 0 Å². The molecule has 2 amide bonds. The highest BCUT2D eigenvalue weighted by Gasteiger charge is 2.16. The maximum absolute atomic E-state index is 13.6. The van der Waals surface area contributed by atoms with Gasteiger partial charge in [-0.25, -0.2) is 13.6 Å². The molecule has 0 aliphatic heterocycles. The second-order valence-electron chi connectivity index (χ2n) is 3.68. The number of rotatable bonds is 4. The summed E-state index contributed by atoms with van der Waals surface area (Å²) in [6.45, 7) is 1.39. The maximum Gasteiger partial charge on any atom is 0.406 e. The normalized spacial score (nSPS) is 9.89. The maximum atomic E-state index is 13.6. The number of carbonyl (C=O) groups excluding carboxylic acids is 2. The van der Waals surface area contributed by atoms with Gasteiger partial charge in [0.2, 0.25) is 5.91 Å². The van der Waals surface area contributed by atoms with Crippen molar-refractivity contribution in [1.82, 2.24) is 5.32 Å². The topological polar surface area (TPSA) is 58.6 Å². The highest BCUT2D eigenvalue weighted by atomic mass is 19.1. The SMILES string of the molecule is COC(=O)NCCN(C(C)=O)c1ccc(F)cc1F. The number of nitrogens with one attached hydrogen (secondary N) is 1. The van der Waals surface area contributed by atoms with Crippen molar-refractivity contribution in [3.05, 3.63) is 29.8 Å². The molecule has 1 rings (SSSR count). The van der Waals surface area contributed by atoms with E-state index in [0.717, 1.165) is 11.0 Å². The molecule has 0 spiro atoms. The number of amides is 2. The zero-order valence-electron chi connectivity index (χ0n) is 10.6. The number of hydrogen-bond donors (Lipinski definition) is 1. The third kappa shape index (κ3) is 4.20. The van der Waals surface area contributed by atoms with Crippen LogP contribution in [-0.4, -0.2) is 32.2 Å². The molecule has 1 aromatic carbocycles. The molecular weight excluding hydrogens is 258 g/mol. The Hall–Kier alpha value is -2.18. The van der Waals surface area contributed by atoms with Crippen LogP contribution in [-0.2, 0) is 9.53 Å². The van der Waals surface area contributed by atoms with Crippen molar-refractivity contribution in [2.75, 3.05) is 25.1 Å². The molecule has 0 aromatic heterocycles. The zero-order valence-corrected chi connectivity index (χ0v) is 10.6. The molecule has 0 aliphatic carbocycles. The summed E-state index contributed by atoms with van der Waals surface area (Å²) >= 11 is 0. The van der Waals surface area contributed by atoms with Crippen LogP contribution in [0.4, 0.5) is 19.3 Å². The molecule has 0 fully saturated rings. The van der Waals surface area contributed by atoms with E-state index in [2.05, 4.69) is 10.1 Å². The van der Waals surface area contributed by atoms with Crippen LogP contribution in [0.25, 0.3) is 0 Å². The van der Waals surface area contributed by atoms with Gasteiger partial charge in [-0.3, -0.25) is 4.79 Å². The van der Waals surface area contributed by atoms with Crippen LogP contribution in [0.2, 0.25) is 0 Å². The fourth-order valence-electron chi connectivity index (χ4n) is 1.49. The van der Waals surface area contributed by atoms with Gasteiger partial charge in [0.05, 0.1) is 12.8 Å². The van der Waals surface area contributed by atoms with Crippen molar-refractivity contribution >= 4 is 17.7 Å². The first kappa shape index (κ1) is 14.9. The van der Waals surface area contributed by atoms with Crippen LogP contribution in [0, 0.1) is 11.6 Å². The average molecular weight is 272 g/mol. The van der Waals surface area contributed by atoms with Crippen molar-refractivity contribution in [3.63, 3.8) is 0 Å². The molecule has 104 valence electrons. The lowest BCUT2D eigenvalue weighted by Gasteiger charge is -2.21. The van der Waals surface area contributed by atoms with E-state index in [1.54, 1.807) is 0 Å². The van der Waals surface area contributed by atoms with Crippen LogP contribution >= 0.6 is 0 Å². The van der Waals surface area contributed by atoms with Crippen LogP contribution < -0.4 is 10.2 Å². The number of nitrogens with zero attached hydrogens (tertiary/aromatic N) is 1. The molecule has 0 heterocycles. The summed E-state index contributed by atoms with van der Waals surface area (Å²) in [5.74, 6) is -1.98. The Morgan fingerprint density at radius 2 is 2.05 bits per heavy atom. The van der Waals surface area contributed by atoms with Gasteiger partial charge in [-0.15, -0.1) is 0 Å². The summed E-state index contributed by atoms with van der Waals surface area (Å²) < 4.78 is 30.7. The Balaban J connectivity index is 2.77. The van der Waals surface area contributed by atoms with Crippen molar-refractivity contribution < 1.29 is 23.1 Å². The minimum Gasteiger partial charge on any atom is -0.453 e. The van der Waals surface area contributed by atoms with Crippen molar-refractivity contribution in [2.45, 2.75) is 6.92 Å². The van der Waals surface area contributed by atoms with Crippen molar-refractivity contribution in [3.8, 4) is 0 Å². The van der Waals surface area contributed by atoms with Gasteiger partial charge in [-0.2, -0.15) is 0 Å². The molecule has 0 bridgehead atoms. The lowest BCUT2D eigenvalue weighted by molar-refractivity contribution is -0.116. The summed E-state index contributed by atoms with van der Waals surface area (Å²) in [6, 6.07) is 2.92. The Kier molecular flexibility index (Phi) is 5.23. The van der Waals surface area contributed by atoms with Gasteiger partial charge >= 0.3 is 6.09 Å². The molecule has 5 nitrogen and oxygen atoms in total. The largest absolute Gasteiger partial charge is 0.453 e. The average Bonchev–Trinajstić information content (AvgIpc) is 2.35. The summed E-state index contributed by atoms with van der Waals surface area (Å²) in [5, 5.41) is 2.37.